The minimum atomic E-state index is -0.0586. The summed E-state index contributed by atoms with van der Waals surface area (Å²) in [6.45, 7) is 2.08. The van der Waals surface area contributed by atoms with Crippen molar-refractivity contribution in [3.8, 4) is 5.69 Å². The van der Waals surface area contributed by atoms with Crippen LogP contribution in [-0.2, 0) is 6.42 Å². The number of rotatable bonds is 5. The monoisotopic (exact) mass is 341 g/mol. The van der Waals surface area contributed by atoms with Crippen LogP contribution in [0.1, 0.15) is 28.0 Å². The summed E-state index contributed by atoms with van der Waals surface area (Å²) in [5.74, 6) is 2.35. The molecule has 3 nitrogen and oxygen atoms in total. The van der Waals surface area contributed by atoms with Gasteiger partial charge in [-0.15, -0.1) is 10.2 Å². The lowest BCUT2D eigenvalue weighted by molar-refractivity contribution is 0.851. The van der Waals surface area contributed by atoms with Crippen molar-refractivity contribution in [2.24, 2.45) is 0 Å². The van der Waals surface area contributed by atoms with Crippen LogP contribution in [0, 0.1) is 6.92 Å². The highest BCUT2D eigenvalue weighted by Crippen LogP contribution is 2.25. The lowest BCUT2D eigenvalue weighted by atomic mass is 10.1. The average molecular weight is 342 g/mol. The van der Waals surface area contributed by atoms with Gasteiger partial charge in [-0.2, -0.15) is 25.3 Å². The molecule has 0 spiro atoms. The largest absolute Gasteiger partial charge is 0.282 e. The molecule has 0 bridgehead atoms. The van der Waals surface area contributed by atoms with E-state index >= 15 is 0 Å². The van der Waals surface area contributed by atoms with Crippen LogP contribution in [0.3, 0.4) is 0 Å². The van der Waals surface area contributed by atoms with Crippen molar-refractivity contribution in [2.75, 3.05) is 5.75 Å². The maximum absolute atomic E-state index is 4.60. The molecule has 3 rings (SSSR count). The van der Waals surface area contributed by atoms with Gasteiger partial charge in [0.2, 0.25) is 0 Å². The third-order valence-electron chi connectivity index (χ3n) is 3.72. The fourth-order valence-corrected chi connectivity index (χ4v) is 2.83. The molecule has 0 aliphatic carbocycles. The van der Waals surface area contributed by atoms with Crippen LogP contribution in [-0.4, -0.2) is 20.5 Å². The average Bonchev–Trinajstić information content (AvgIpc) is 2.99. The van der Waals surface area contributed by atoms with Crippen molar-refractivity contribution < 1.29 is 0 Å². The Hall–Kier alpha value is -1.72. The van der Waals surface area contributed by atoms with Crippen molar-refractivity contribution in [1.29, 1.82) is 0 Å². The third kappa shape index (κ3) is 3.62. The third-order valence-corrected chi connectivity index (χ3v) is 4.79. The zero-order valence-electron chi connectivity index (χ0n) is 12.9. The van der Waals surface area contributed by atoms with E-state index in [1.165, 1.54) is 11.1 Å². The molecule has 0 amide bonds. The van der Waals surface area contributed by atoms with Gasteiger partial charge in [-0.25, -0.2) is 0 Å². The Kier molecular flexibility index (Phi) is 5.08. The van der Waals surface area contributed by atoms with Gasteiger partial charge in [0, 0.05) is 17.9 Å². The standard InChI is InChI=1S/C18H19N3S2/c1-13-7-9-15(10-8-13)21-17(11-14-5-3-2-4-6-14)19-20-18(21)16(23)12-22/h2-10,16,22-23H,11-12H2,1H3. The van der Waals surface area contributed by atoms with E-state index in [0.717, 1.165) is 23.8 Å². The van der Waals surface area contributed by atoms with Crippen molar-refractivity contribution in [2.45, 2.75) is 18.6 Å². The molecule has 1 heterocycles. The zero-order valence-corrected chi connectivity index (χ0v) is 14.7. The highest BCUT2D eigenvalue weighted by Gasteiger charge is 2.19. The smallest absolute Gasteiger partial charge is 0.151 e. The summed E-state index contributed by atoms with van der Waals surface area (Å²) in [6.07, 6.45) is 0.731. The van der Waals surface area contributed by atoms with E-state index in [1.807, 2.05) is 18.2 Å². The summed E-state index contributed by atoms with van der Waals surface area (Å²) in [5.41, 5.74) is 3.49. The van der Waals surface area contributed by atoms with Gasteiger partial charge in [0.1, 0.15) is 5.82 Å². The van der Waals surface area contributed by atoms with E-state index < -0.39 is 0 Å². The van der Waals surface area contributed by atoms with Crippen LogP contribution in [0.15, 0.2) is 54.6 Å². The number of aromatic nitrogens is 3. The normalized spacial score (nSPS) is 12.3. The minimum absolute atomic E-state index is 0.0586. The van der Waals surface area contributed by atoms with Crippen LogP contribution < -0.4 is 0 Å². The van der Waals surface area contributed by atoms with Crippen LogP contribution in [0.5, 0.6) is 0 Å². The predicted molar refractivity (Wildman–Crippen MR) is 101 cm³/mol. The van der Waals surface area contributed by atoms with Gasteiger partial charge in [0.05, 0.1) is 5.25 Å². The Labute approximate surface area is 147 Å². The quantitative estimate of drug-likeness (QED) is 0.686. The molecule has 0 radical (unpaired) electrons. The van der Waals surface area contributed by atoms with Gasteiger partial charge in [-0.3, -0.25) is 4.57 Å². The molecular formula is C18H19N3S2. The molecule has 1 unspecified atom stereocenters. The summed E-state index contributed by atoms with van der Waals surface area (Å²) in [5, 5.41) is 8.72. The number of benzene rings is 2. The van der Waals surface area contributed by atoms with Gasteiger partial charge in [0.15, 0.2) is 5.82 Å². The summed E-state index contributed by atoms with van der Waals surface area (Å²) < 4.78 is 2.10. The molecule has 2 aromatic carbocycles. The lowest BCUT2D eigenvalue weighted by Crippen LogP contribution is -2.08. The number of hydrogen-bond acceptors (Lipinski definition) is 4. The first kappa shape index (κ1) is 16.1. The molecule has 3 aromatic rings. The summed E-state index contributed by atoms with van der Waals surface area (Å²) in [4.78, 5) is 0. The molecule has 0 aliphatic rings. The van der Waals surface area contributed by atoms with Gasteiger partial charge in [-0.1, -0.05) is 48.0 Å². The van der Waals surface area contributed by atoms with E-state index in [-0.39, 0.29) is 5.25 Å². The second-order valence-corrected chi connectivity index (χ2v) is 6.49. The topological polar surface area (TPSA) is 30.7 Å². The number of hydrogen-bond donors (Lipinski definition) is 2. The van der Waals surface area contributed by atoms with Gasteiger partial charge < -0.3 is 0 Å². The summed E-state index contributed by atoms with van der Waals surface area (Å²) >= 11 is 8.95. The van der Waals surface area contributed by atoms with Crippen molar-refractivity contribution in [3.05, 3.63) is 77.4 Å². The molecular weight excluding hydrogens is 322 g/mol. The highest BCUT2D eigenvalue weighted by molar-refractivity contribution is 7.84. The van der Waals surface area contributed by atoms with Crippen LogP contribution >= 0.6 is 25.3 Å². The Morgan fingerprint density at radius 1 is 1.00 bits per heavy atom. The number of aryl methyl sites for hydroxylation is 1. The Balaban J connectivity index is 2.06. The fourth-order valence-electron chi connectivity index (χ4n) is 2.50. The van der Waals surface area contributed by atoms with Gasteiger partial charge in [0.25, 0.3) is 0 Å². The Morgan fingerprint density at radius 3 is 2.35 bits per heavy atom. The Morgan fingerprint density at radius 2 is 1.70 bits per heavy atom. The summed E-state index contributed by atoms with van der Waals surface area (Å²) in [6, 6.07) is 18.7. The van der Waals surface area contributed by atoms with E-state index in [9.17, 15) is 0 Å². The van der Waals surface area contributed by atoms with Crippen LogP contribution in [0.2, 0.25) is 0 Å². The van der Waals surface area contributed by atoms with Crippen molar-refractivity contribution in [3.63, 3.8) is 0 Å². The highest BCUT2D eigenvalue weighted by atomic mass is 32.1. The second-order valence-electron chi connectivity index (χ2n) is 5.51. The molecule has 1 atom stereocenters. The maximum Gasteiger partial charge on any atom is 0.151 e. The minimum Gasteiger partial charge on any atom is -0.282 e. The molecule has 0 saturated heterocycles. The number of nitrogens with zero attached hydrogens (tertiary/aromatic N) is 3. The SMILES string of the molecule is Cc1ccc(-n2c(Cc3ccccc3)nnc2C(S)CS)cc1. The second kappa shape index (κ2) is 7.23. The molecule has 1 aromatic heterocycles. The first-order valence-corrected chi connectivity index (χ1v) is 8.68. The number of thiol groups is 2. The molecule has 23 heavy (non-hydrogen) atoms. The molecule has 5 heteroatoms. The molecule has 0 fully saturated rings. The lowest BCUT2D eigenvalue weighted by Gasteiger charge is -2.13. The van der Waals surface area contributed by atoms with E-state index in [4.69, 9.17) is 0 Å². The fraction of sp³-hybridized carbons (Fsp3) is 0.222. The van der Waals surface area contributed by atoms with Crippen molar-refractivity contribution in [1.82, 2.24) is 14.8 Å². The molecule has 118 valence electrons. The molecule has 0 saturated carbocycles. The first-order valence-electron chi connectivity index (χ1n) is 7.53. The van der Waals surface area contributed by atoms with Gasteiger partial charge in [-0.05, 0) is 24.6 Å². The van der Waals surface area contributed by atoms with E-state index in [0.29, 0.717) is 5.75 Å². The van der Waals surface area contributed by atoms with Crippen LogP contribution in [0.4, 0.5) is 0 Å². The van der Waals surface area contributed by atoms with Crippen molar-refractivity contribution >= 4 is 25.3 Å². The summed E-state index contributed by atoms with van der Waals surface area (Å²) in [7, 11) is 0. The van der Waals surface area contributed by atoms with Crippen LogP contribution in [0.25, 0.3) is 5.69 Å². The first-order chi connectivity index (χ1) is 11.2. The van der Waals surface area contributed by atoms with E-state index in [2.05, 4.69) is 83.3 Å². The molecule has 0 N–H and O–H groups in total. The molecule has 0 aliphatic heterocycles. The Bertz CT molecular complexity index is 767. The predicted octanol–water partition coefficient (Wildman–Crippen LogP) is 4.07. The van der Waals surface area contributed by atoms with E-state index in [1.54, 1.807) is 0 Å². The zero-order chi connectivity index (χ0) is 16.2. The maximum atomic E-state index is 4.60. The van der Waals surface area contributed by atoms with Gasteiger partial charge >= 0.3 is 0 Å².